The van der Waals surface area contributed by atoms with E-state index < -0.39 is 11.9 Å². The van der Waals surface area contributed by atoms with Crippen molar-refractivity contribution in [2.45, 2.75) is 46.1 Å². The van der Waals surface area contributed by atoms with Crippen LogP contribution in [0.4, 0.5) is 0 Å². The van der Waals surface area contributed by atoms with Crippen molar-refractivity contribution in [3.8, 4) is 0 Å². The van der Waals surface area contributed by atoms with Gasteiger partial charge in [0.1, 0.15) is 6.10 Å². The van der Waals surface area contributed by atoms with Gasteiger partial charge in [-0.25, -0.2) is 9.59 Å². The molecule has 24 heavy (non-hydrogen) atoms. The van der Waals surface area contributed by atoms with Gasteiger partial charge in [0.2, 0.25) is 0 Å². The Hall–Kier alpha value is -1.11. The monoisotopic (exact) mass is 444 g/mol. The lowest BCUT2D eigenvalue weighted by Crippen LogP contribution is -2.36. The fourth-order valence-electron chi connectivity index (χ4n) is 3.25. The molecular formula is C19H25IO4. The van der Waals surface area contributed by atoms with E-state index in [1.807, 2.05) is 12.1 Å². The van der Waals surface area contributed by atoms with Gasteiger partial charge in [-0.3, -0.25) is 0 Å². The minimum absolute atomic E-state index is 0.0711. The predicted molar refractivity (Wildman–Crippen MR) is 101 cm³/mol. The first kappa shape index (κ1) is 19.2. The minimum atomic E-state index is -0.499. The van der Waals surface area contributed by atoms with Crippen molar-refractivity contribution in [1.29, 1.82) is 0 Å². The largest absolute Gasteiger partial charge is 0.460 e. The standard InChI is InChI=1S/C19H25IO4/c1-12(2)16-9-4-13(3)10-17(16)24-18(21)11-23-19(22)14-5-7-15(20)8-6-14/h5-8,12-13,16-17H,4,9-11H2,1-3H3/t13-,16-,17+/m0/s1. The molecule has 0 radical (unpaired) electrons. The molecule has 0 heterocycles. The molecule has 1 aromatic carbocycles. The van der Waals surface area contributed by atoms with Crippen LogP contribution in [0.5, 0.6) is 0 Å². The molecule has 0 aromatic heterocycles. The number of carbonyl (C=O) groups excluding carboxylic acids is 2. The Kier molecular flexibility index (Phi) is 7.07. The fraction of sp³-hybridized carbons (Fsp3) is 0.579. The first-order valence-electron chi connectivity index (χ1n) is 8.49. The molecule has 3 atom stereocenters. The summed E-state index contributed by atoms with van der Waals surface area (Å²) in [5.41, 5.74) is 0.439. The quantitative estimate of drug-likeness (QED) is 0.498. The van der Waals surface area contributed by atoms with Crippen LogP contribution in [0.1, 0.15) is 50.4 Å². The third-order valence-corrected chi connectivity index (χ3v) is 5.36. The summed E-state index contributed by atoms with van der Waals surface area (Å²) in [6, 6.07) is 7.03. The SMILES string of the molecule is CC(C)[C@@H]1CC[C@H](C)C[C@H]1OC(=O)COC(=O)c1ccc(I)cc1. The Balaban J connectivity index is 1.85. The molecule has 0 spiro atoms. The van der Waals surface area contributed by atoms with Crippen molar-refractivity contribution in [1.82, 2.24) is 0 Å². The molecule has 0 unspecified atom stereocenters. The highest BCUT2D eigenvalue weighted by molar-refractivity contribution is 14.1. The fourth-order valence-corrected chi connectivity index (χ4v) is 3.61. The van der Waals surface area contributed by atoms with Crippen LogP contribution in [-0.2, 0) is 14.3 Å². The Labute approximate surface area is 157 Å². The highest BCUT2D eigenvalue weighted by atomic mass is 127. The number of ether oxygens (including phenoxy) is 2. The van der Waals surface area contributed by atoms with Gasteiger partial charge in [0.05, 0.1) is 5.56 Å². The van der Waals surface area contributed by atoms with Crippen LogP contribution in [0.3, 0.4) is 0 Å². The third kappa shape index (κ3) is 5.46. The van der Waals surface area contributed by atoms with Crippen LogP contribution in [0.2, 0.25) is 0 Å². The topological polar surface area (TPSA) is 52.6 Å². The third-order valence-electron chi connectivity index (χ3n) is 4.65. The second-order valence-electron chi connectivity index (χ2n) is 6.94. The number of carbonyl (C=O) groups is 2. The number of halogens is 1. The van der Waals surface area contributed by atoms with E-state index in [9.17, 15) is 9.59 Å². The molecular weight excluding hydrogens is 419 g/mol. The van der Waals surface area contributed by atoms with E-state index in [1.165, 1.54) is 6.42 Å². The minimum Gasteiger partial charge on any atom is -0.460 e. The summed E-state index contributed by atoms with van der Waals surface area (Å²) >= 11 is 2.16. The molecule has 0 aliphatic heterocycles. The summed E-state index contributed by atoms with van der Waals surface area (Å²) in [6.07, 6.45) is 3.08. The average Bonchev–Trinajstić information content (AvgIpc) is 2.53. The molecule has 1 fully saturated rings. The Morgan fingerprint density at radius 1 is 1.21 bits per heavy atom. The van der Waals surface area contributed by atoms with Gasteiger partial charge in [0.15, 0.2) is 6.61 Å². The molecule has 132 valence electrons. The summed E-state index contributed by atoms with van der Waals surface area (Å²) in [5.74, 6) is 0.466. The smallest absolute Gasteiger partial charge is 0.344 e. The highest BCUT2D eigenvalue weighted by Gasteiger charge is 2.33. The van der Waals surface area contributed by atoms with Gasteiger partial charge in [-0.2, -0.15) is 0 Å². The second kappa shape index (κ2) is 8.83. The van der Waals surface area contributed by atoms with Crippen molar-refractivity contribution in [3.63, 3.8) is 0 Å². The van der Waals surface area contributed by atoms with Gasteiger partial charge < -0.3 is 9.47 Å². The molecule has 1 aliphatic rings. The summed E-state index contributed by atoms with van der Waals surface area (Å²) < 4.78 is 11.7. The van der Waals surface area contributed by atoms with Crippen molar-refractivity contribution in [2.24, 2.45) is 17.8 Å². The number of hydrogen-bond acceptors (Lipinski definition) is 4. The number of esters is 2. The first-order chi connectivity index (χ1) is 11.4. The van der Waals surface area contributed by atoms with Gasteiger partial charge in [-0.1, -0.05) is 27.2 Å². The zero-order valence-corrected chi connectivity index (χ0v) is 16.6. The Morgan fingerprint density at radius 3 is 2.50 bits per heavy atom. The molecule has 2 rings (SSSR count). The molecule has 4 nitrogen and oxygen atoms in total. The normalized spacial score (nSPS) is 23.8. The maximum absolute atomic E-state index is 12.1. The summed E-state index contributed by atoms with van der Waals surface area (Å²) in [4.78, 5) is 24.0. The van der Waals surface area contributed by atoms with E-state index in [1.54, 1.807) is 12.1 Å². The van der Waals surface area contributed by atoms with E-state index in [-0.39, 0.29) is 12.7 Å². The van der Waals surface area contributed by atoms with Crippen LogP contribution in [0.15, 0.2) is 24.3 Å². The van der Waals surface area contributed by atoms with E-state index in [2.05, 4.69) is 43.4 Å². The number of rotatable bonds is 5. The van der Waals surface area contributed by atoms with Crippen molar-refractivity contribution in [3.05, 3.63) is 33.4 Å². The van der Waals surface area contributed by atoms with Gasteiger partial charge in [-0.05, 0) is 77.5 Å². The number of benzene rings is 1. The van der Waals surface area contributed by atoms with Crippen molar-refractivity contribution >= 4 is 34.5 Å². The number of hydrogen-bond donors (Lipinski definition) is 0. The van der Waals surface area contributed by atoms with Crippen LogP contribution in [0, 0.1) is 21.3 Å². The lowest BCUT2D eigenvalue weighted by molar-refractivity contribution is -0.159. The second-order valence-corrected chi connectivity index (χ2v) is 8.18. The molecule has 0 N–H and O–H groups in total. The lowest BCUT2D eigenvalue weighted by atomic mass is 9.75. The zero-order valence-electron chi connectivity index (χ0n) is 14.5. The molecule has 0 saturated heterocycles. The lowest BCUT2D eigenvalue weighted by Gasteiger charge is -2.36. The maximum Gasteiger partial charge on any atom is 0.344 e. The van der Waals surface area contributed by atoms with Crippen LogP contribution in [-0.4, -0.2) is 24.6 Å². The molecule has 1 aromatic rings. The highest BCUT2D eigenvalue weighted by Crippen LogP contribution is 2.35. The summed E-state index contributed by atoms with van der Waals surface area (Å²) in [7, 11) is 0. The average molecular weight is 444 g/mol. The van der Waals surface area contributed by atoms with E-state index in [4.69, 9.17) is 9.47 Å². The Bertz CT molecular complexity index is 567. The molecule has 0 amide bonds. The van der Waals surface area contributed by atoms with Gasteiger partial charge >= 0.3 is 11.9 Å². The first-order valence-corrected chi connectivity index (χ1v) is 9.57. The molecule has 1 aliphatic carbocycles. The van der Waals surface area contributed by atoms with E-state index in [0.29, 0.717) is 23.3 Å². The van der Waals surface area contributed by atoms with Crippen LogP contribution >= 0.6 is 22.6 Å². The molecule has 0 bridgehead atoms. The predicted octanol–water partition coefficient (Wildman–Crippen LogP) is 4.45. The Morgan fingerprint density at radius 2 is 1.88 bits per heavy atom. The zero-order chi connectivity index (χ0) is 17.7. The van der Waals surface area contributed by atoms with Gasteiger partial charge in [0, 0.05) is 3.57 Å². The van der Waals surface area contributed by atoms with E-state index >= 15 is 0 Å². The summed E-state index contributed by atoms with van der Waals surface area (Å²) in [6.45, 7) is 6.19. The van der Waals surface area contributed by atoms with Crippen LogP contribution in [0.25, 0.3) is 0 Å². The van der Waals surface area contributed by atoms with Crippen molar-refractivity contribution < 1.29 is 19.1 Å². The van der Waals surface area contributed by atoms with Crippen LogP contribution < -0.4 is 0 Å². The maximum atomic E-state index is 12.1. The molecule has 5 heteroatoms. The summed E-state index contributed by atoms with van der Waals surface area (Å²) in [5, 5.41) is 0. The molecule has 1 saturated carbocycles. The van der Waals surface area contributed by atoms with E-state index in [0.717, 1.165) is 16.4 Å². The van der Waals surface area contributed by atoms with Gasteiger partial charge in [-0.15, -0.1) is 0 Å². The van der Waals surface area contributed by atoms with Gasteiger partial charge in [0.25, 0.3) is 0 Å². The van der Waals surface area contributed by atoms with Crippen molar-refractivity contribution in [2.75, 3.05) is 6.61 Å².